The minimum absolute atomic E-state index is 0.000142. The lowest BCUT2D eigenvalue weighted by molar-refractivity contribution is 0.0336. The largest absolute Gasteiger partial charge is 0.497 e. The maximum absolute atomic E-state index is 11.8. The lowest BCUT2D eigenvalue weighted by atomic mass is 10.1. The normalized spacial score (nSPS) is 12.5. The maximum Gasteiger partial charge on any atom is 0.188 e. The van der Waals surface area contributed by atoms with Crippen molar-refractivity contribution in [1.82, 2.24) is 0 Å². The van der Waals surface area contributed by atoms with Gasteiger partial charge in [0.1, 0.15) is 12.4 Å². The van der Waals surface area contributed by atoms with Gasteiger partial charge < -0.3 is 9.47 Å². The van der Waals surface area contributed by atoms with E-state index in [0.717, 1.165) is 5.75 Å². The summed E-state index contributed by atoms with van der Waals surface area (Å²) < 4.78 is 10.5. The van der Waals surface area contributed by atoms with Crippen LogP contribution in [0.4, 0.5) is 0 Å². The lowest BCUT2D eigenvalue weighted by Crippen LogP contribution is -2.20. The van der Waals surface area contributed by atoms with E-state index in [9.17, 15) is 4.79 Å². The molecule has 1 unspecified atom stereocenters. The van der Waals surface area contributed by atoms with Crippen molar-refractivity contribution in [3.63, 3.8) is 0 Å². The van der Waals surface area contributed by atoms with Gasteiger partial charge in [0.15, 0.2) is 5.78 Å². The van der Waals surface area contributed by atoms with Crippen LogP contribution in [0.5, 0.6) is 5.75 Å². The van der Waals surface area contributed by atoms with E-state index in [1.807, 2.05) is 6.92 Å². The molecule has 0 aliphatic carbocycles. The Kier molecular flexibility index (Phi) is 5.16. The van der Waals surface area contributed by atoms with Crippen LogP contribution in [0.25, 0.3) is 0 Å². The Bertz CT molecular complexity index is 354. The Hall–Kier alpha value is -1.35. The number of hydrogen-bond donors (Lipinski definition) is 0. The first kappa shape index (κ1) is 13.7. The summed E-state index contributed by atoms with van der Waals surface area (Å²) >= 11 is 0. The highest BCUT2D eigenvalue weighted by atomic mass is 16.5. The van der Waals surface area contributed by atoms with Gasteiger partial charge in [0, 0.05) is 5.56 Å². The number of rotatable bonds is 6. The van der Waals surface area contributed by atoms with Crippen molar-refractivity contribution in [1.29, 1.82) is 0 Å². The molecule has 0 fully saturated rings. The van der Waals surface area contributed by atoms with Gasteiger partial charge in [0.05, 0.1) is 13.2 Å². The molecule has 1 atom stereocenters. The summed E-state index contributed by atoms with van der Waals surface area (Å²) in [5.41, 5.74) is 0.654. The van der Waals surface area contributed by atoms with Crippen LogP contribution in [0, 0.1) is 5.92 Å². The van der Waals surface area contributed by atoms with Gasteiger partial charge in [-0.1, -0.05) is 13.8 Å². The van der Waals surface area contributed by atoms with E-state index >= 15 is 0 Å². The van der Waals surface area contributed by atoms with Gasteiger partial charge in [-0.05, 0) is 37.1 Å². The second kappa shape index (κ2) is 6.40. The Morgan fingerprint density at radius 1 is 1.18 bits per heavy atom. The summed E-state index contributed by atoms with van der Waals surface area (Å²) in [6.07, 6.45) is 0.0946. The summed E-state index contributed by atoms with van der Waals surface area (Å²) in [7, 11) is 1.60. The van der Waals surface area contributed by atoms with Crippen LogP contribution in [0.1, 0.15) is 31.1 Å². The zero-order valence-corrected chi connectivity index (χ0v) is 10.9. The fraction of sp³-hybridized carbons (Fsp3) is 0.500. The molecule has 3 nitrogen and oxygen atoms in total. The van der Waals surface area contributed by atoms with Crippen LogP contribution in [-0.4, -0.2) is 25.6 Å². The van der Waals surface area contributed by atoms with E-state index in [2.05, 4.69) is 13.8 Å². The van der Waals surface area contributed by atoms with Crippen LogP contribution in [0.3, 0.4) is 0 Å². The monoisotopic (exact) mass is 236 g/mol. The van der Waals surface area contributed by atoms with Gasteiger partial charge in [0.2, 0.25) is 0 Å². The minimum atomic E-state index is 0.000142. The van der Waals surface area contributed by atoms with Gasteiger partial charge in [0.25, 0.3) is 0 Å². The minimum Gasteiger partial charge on any atom is -0.497 e. The summed E-state index contributed by atoms with van der Waals surface area (Å²) in [6.45, 7) is 6.25. The van der Waals surface area contributed by atoms with Crippen molar-refractivity contribution in [2.75, 3.05) is 13.7 Å². The van der Waals surface area contributed by atoms with E-state index < -0.39 is 0 Å². The molecule has 0 radical (unpaired) electrons. The molecule has 17 heavy (non-hydrogen) atoms. The molecule has 0 amide bonds. The molecule has 0 aliphatic rings. The summed E-state index contributed by atoms with van der Waals surface area (Å²) in [6, 6.07) is 7.06. The predicted molar refractivity (Wildman–Crippen MR) is 67.6 cm³/mol. The van der Waals surface area contributed by atoms with Crippen LogP contribution in [0.15, 0.2) is 24.3 Å². The molecular weight excluding hydrogens is 216 g/mol. The Labute approximate surface area is 103 Å². The first-order valence-electron chi connectivity index (χ1n) is 5.83. The molecule has 0 saturated carbocycles. The van der Waals surface area contributed by atoms with E-state index in [1.165, 1.54) is 0 Å². The molecule has 1 aromatic carbocycles. The molecule has 0 heterocycles. The predicted octanol–water partition coefficient (Wildman–Crippen LogP) is 2.94. The zero-order valence-electron chi connectivity index (χ0n) is 10.9. The third-order valence-electron chi connectivity index (χ3n) is 2.83. The average molecular weight is 236 g/mol. The summed E-state index contributed by atoms with van der Waals surface area (Å²) in [5, 5.41) is 0. The Morgan fingerprint density at radius 2 is 1.76 bits per heavy atom. The van der Waals surface area contributed by atoms with Crippen molar-refractivity contribution in [3.05, 3.63) is 29.8 Å². The quantitative estimate of drug-likeness (QED) is 0.712. The van der Waals surface area contributed by atoms with Crippen LogP contribution < -0.4 is 4.74 Å². The highest BCUT2D eigenvalue weighted by molar-refractivity contribution is 5.97. The highest BCUT2D eigenvalue weighted by Crippen LogP contribution is 2.12. The number of ether oxygens (including phenoxy) is 2. The third kappa shape index (κ3) is 4.19. The highest BCUT2D eigenvalue weighted by Gasteiger charge is 2.11. The van der Waals surface area contributed by atoms with Crippen molar-refractivity contribution < 1.29 is 14.3 Å². The van der Waals surface area contributed by atoms with Gasteiger partial charge in [-0.15, -0.1) is 0 Å². The van der Waals surface area contributed by atoms with Gasteiger partial charge in [-0.3, -0.25) is 4.79 Å². The molecule has 0 bridgehead atoms. The summed E-state index contributed by atoms with van der Waals surface area (Å²) in [4.78, 5) is 11.8. The SMILES string of the molecule is COc1ccc(C(=O)COC(C)C(C)C)cc1. The lowest BCUT2D eigenvalue weighted by Gasteiger charge is -2.15. The number of carbonyl (C=O) groups is 1. The molecule has 94 valence electrons. The van der Waals surface area contributed by atoms with E-state index in [4.69, 9.17) is 9.47 Å². The fourth-order valence-corrected chi connectivity index (χ4v) is 1.26. The third-order valence-corrected chi connectivity index (χ3v) is 2.83. The average Bonchev–Trinajstić information content (AvgIpc) is 2.35. The maximum atomic E-state index is 11.8. The second-order valence-electron chi connectivity index (χ2n) is 4.41. The molecule has 0 aromatic heterocycles. The molecule has 0 aliphatic heterocycles. The second-order valence-corrected chi connectivity index (χ2v) is 4.41. The number of methoxy groups -OCH3 is 1. The van der Waals surface area contributed by atoms with Crippen LogP contribution >= 0.6 is 0 Å². The van der Waals surface area contributed by atoms with Crippen LogP contribution in [0.2, 0.25) is 0 Å². The number of hydrogen-bond acceptors (Lipinski definition) is 3. The molecular formula is C14H20O3. The van der Waals surface area contributed by atoms with Crippen molar-refractivity contribution in [2.45, 2.75) is 26.9 Å². The summed E-state index contributed by atoms with van der Waals surface area (Å²) in [5.74, 6) is 1.16. The van der Waals surface area contributed by atoms with Crippen molar-refractivity contribution >= 4 is 5.78 Å². The van der Waals surface area contributed by atoms with E-state index in [-0.39, 0.29) is 18.5 Å². The van der Waals surface area contributed by atoms with Crippen molar-refractivity contribution in [2.24, 2.45) is 5.92 Å². The van der Waals surface area contributed by atoms with Crippen LogP contribution in [-0.2, 0) is 4.74 Å². The first-order valence-corrected chi connectivity index (χ1v) is 5.83. The Balaban J connectivity index is 2.52. The number of Topliss-reactive ketones (excluding diaryl/α,β-unsaturated/α-hetero) is 1. The van der Waals surface area contributed by atoms with E-state index in [1.54, 1.807) is 31.4 Å². The smallest absolute Gasteiger partial charge is 0.188 e. The zero-order chi connectivity index (χ0) is 12.8. The molecule has 3 heteroatoms. The fourth-order valence-electron chi connectivity index (χ4n) is 1.26. The molecule has 0 saturated heterocycles. The van der Waals surface area contributed by atoms with E-state index in [0.29, 0.717) is 11.5 Å². The Morgan fingerprint density at radius 3 is 2.24 bits per heavy atom. The number of ketones is 1. The van der Waals surface area contributed by atoms with Gasteiger partial charge in [-0.25, -0.2) is 0 Å². The molecule has 0 spiro atoms. The van der Waals surface area contributed by atoms with Crippen molar-refractivity contribution in [3.8, 4) is 5.75 Å². The van der Waals surface area contributed by atoms with Gasteiger partial charge in [-0.2, -0.15) is 0 Å². The standard InChI is InChI=1S/C14H20O3/c1-10(2)11(3)17-9-14(15)12-5-7-13(16-4)8-6-12/h5-8,10-11H,9H2,1-4H3. The number of carbonyl (C=O) groups excluding carboxylic acids is 1. The molecule has 1 rings (SSSR count). The number of benzene rings is 1. The molecule has 1 aromatic rings. The first-order chi connectivity index (χ1) is 8.04. The topological polar surface area (TPSA) is 35.5 Å². The van der Waals surface area contributed by atoms with Gasteiger partial charge >= 0.3 is 0 Å². The molecule has 0 N–H and O–H groups in total.